The molecule has 6 heteroatoms. The lowest BCUT2D eigenvalue weighted by molar-refractivity contribution is 0.188. The van der Waals surface area contributed by atoms with Crippen molar-refractivity contribution < 1.29 is 4.42 Å². The van der Waals surface area contributed by atoms with Gasteiger partial charge in [-0.15, -0.1) is 0 Å². The molecule has 2 unspecified atom stereocenters. The summed E-state index contributed by atoms with van der Waals surface area (Å²) in [5.74, 6) is 1.64. The van der Waals surface area contributed by atoms with Crippen molar-refractivity contribution in [1.82, 2.24) is 19.9 Å². The van der Waals surface area contributed by atoms with Gasteiger partial charge in [0.1, 0.15) is 11.3 Å². The van der Waals surface area contributed by atoms with Gasteiger partial charge in [0.15, 0.2) is 5.58 Å². The number of aromatic nitrogens is 3. The smallest absolute Gasteiger partial charge is 0.227 e. The summed E-state index contributed by atoms with van der Waals surface area (Å²) in [5, 5.41) is 0. The minimum Gasteiger partial charge on any atom is -0.436 e. The molecule has 0 saturated carbocycles. The zero-order valence-corrected chi connectivity index (χ0v) is 20.4. The Labute approximate surface area is 215 Å². The fourth-order valence-electron chi connectivity index (χ4n) is 5.38. The van der Waals surface area contributed by atoms with Crippen molar-refractivity contribution in [3.8, 4) is 11.5 Å². The molecule has 1 aliphatic heterocycles. The molecule has 0 spiro atoms. The topological polar surface area (TPSA) is 70.3 Å². The second-order valence-corrected chi connectivity index (χ2v) is 9.77. The number of oxazole rings is 1. The molecular formula is C31H27N5O. The van der Waals surface area contributed by atoms with Gasteiger partial charge in [-0.25, -0.2) is 9.97 Å². The molecule has 0 amide bonds. The maximum atomic E-state index is 5.97. The molecule has 3 heterocycles. The maximum absolute atomic E-state index is 5.97. The SMILES string of the molecule is C1=CC2=CC(N(Cc3ccc(-c4nc5ccccc5o4)cc3)Cc3nc4ccccc4[nH]3)CCC2N=C1. The highest BCUT2D eigenvalue weighted by Crippen LogP contribution is 2.30. The van der Waals surface area contributed by atoms with E-state index in [1.54, 1.807) is 0 Å². The average Bonchev–Trinajstić information content (AvgIpc) is 3.57. The van der Waals surface area contributed by atoms with E-state index in [1.165, 1.54) is 11.1 Å². The molecule has 1 aliphatic carbocycles. The van der Waals surface area contributed by atoms with Gasteiger partial charge in [0.05, 0.1) is 23.6 Å². The Kier molecular flexibility index (Phi) is 5.52. The van der Waals surface area contributed by atoms with Crippen LogP contribution in [0.5, 0.6) is 0 Å². The molecule has 0 saturated heterocycles. The molecule has 0 fully saturated rings. The van der Waals surface area contributed by atoms with Crippen LogP contribution in [0, 0.1) is 0 Å². The quantitative estimate of drug-likeness (QED) is 0.299. The Morgan fingerprint density at radius 3 is 2.57 bits per heavy atom. The third-order valence-electron chi connectivity index (χ3n) is 7.29. The monoisotopic (exact) mass is 485 g/mol. The van der Waals surface area contributed by atoms with Gasteiger partial charge in [-0.1, -0.05) is 48.6 Å². The molecule has 0 bridgehead atoms. The number of allylic oxidation sites excluding steroid dienone is 1. The third-order valence-corrected chi connectivity index (χ3v) is 7.29. The van der Waals surface area contributed by atoms with Crippen molar-refractivity contribution in [3.63, 3.8) is 0 Å². The molecule has 37 heavy (non-hydrogen) atoms. The summed E-state index contributed by atoms with van der Waals surface area (Å²) in [6.45, 7) is 1.56. The van der Waals surface area contributed by atoms with E-state index in [-0.39, 0.29) is 0 Å². The first kappa shape index (κ1) is 21.9. The molecule has 6 nitrogen and oxygen atoms in total. The average molecular weight is 486 g/mol. The van der Waals surface area contributed by atoms with Gasteiger partial charge >= 0.3 is 0 Å². The van der Waals surface area contributed by atoms with Crippen molar-refractivity contribution >= 4 is 28.3 Å². The third kappa shape index (κ3) is 4.41. The first-order valence-corrected chi connectivity index (χ1v) is 12.8. The van der Waals surface area contributed by atoms with E-state index in [9.17, 15) is 0 Å². The number of hydrogen-bond acceptors (Lipinski definition) is 5. The van der Waals surface area contributed by atoms with Crippen LogP contribution in [0.3, 0.4) is 0 Å². The second-order valence-electron chi connectivity index (χ2n) is 9.77. The Morgan fingerprint density at radius 2 is 1.70 bits per heavy atom. The Balaban J connectivity index is 1.17. The van der Waals surface area contributed by atoms with Crippen molar-refractivity contribution in [2.24, 2.45) is 4.99 Å². The molecule has 2 atom stereocenters. The Bertz CT molecular complexity index is 1590. The zero-order valence-electron chi connectivity index (χ0n) is 20.4. The molecular weight excluding hydrogens is 458 g/mol. The van der Waals surface area contributed by atoms with Crippen LogP contribution in [0.4, 0.5) is 0 Å². The van der Waals surface area contributed by atoms with E-state index >= 15 is 0 Å². The molecule has 1 N–H and O–H groups in total. The highest BCUT2D eigenvalue weighted by molar-refractivity contribution is 5.76. The second kappa shape index (κ2) is 9.30. The number of benzene rings is 3. The summed E-state index contributed by atoms with van der Waals surface area (Å²) >= 11 is 0. The van der Waals surface area contributed by atoms with Crippen LogP contribution in [0.15, 0.2) is 106 Å². The van der Waals surface area contributed by atoms with Crippen LogP contribution in [0.2, 0.25) is 0 Å². The van der Waals surface area contributed by atoms with Crippen LogP contribution in [0.25, 0.3) is 33.6 Å². The Hall–Kier alpha value is -4.29. The standard InChI is InChI=1S/C31H27N5O/c1-2-8-27-26(7-1)33-30(34-27)20-36(24-15-16-25-23(18-24)6-5-17-32-25)19-21-11-13-22(14-12-21)31-35-28-9-3-4-10-29(28)37-31/h1-14,17-18,24-25H,15-16,19-20H2,(H,33,34). The predicted octanol–water partition coefficient (Wildman–Crippen LogP) is 6.47. The predicted molar refractivity (Wildman–Crippen MR) is 147 cm³/mol. The van der Waals surface area contributed by atoms with Gasteiger partial charge in [0.25, 0.3) is 0 Å². The summed E-state index contributed by atoms with van der Waals surface area (Å²) in [4.78, 5) is 20.2. The lowest BCUT2D eigenvalue weighted by atomic mass is 9.89. The number of nitrogens with zero attached hydrogens (tertiary/aromatic N) is 4. The van der Waals surface area contributed by atoms with Gasteiger partial charge in [-0.2, -0.15) is 0 Å². The fourth-order valence-corrected chi connectivity index (χ4v) is 5.38. The number of nitrogens with one attached hydrogen (secondary N) is 1. The van der Waals surface area contributed by atoms with Gasteiger partial charge in [0, 0.05) is 24.4 Å². The summed E-state index contributed by atoms with van der Waals surface area (Å²) < 4.78 is 5.97. The molecule has 2 aromatic heterocycles. The summed E-state index contributed by atoms with van der Waals surface area (Å²) in [5.41, 5.74) is 7.31. The highest BCUT2D eigenvalue weighted by atomic mass is 16.3. The zero-order chi connectivity index (χ0) is 24.6. The number of hydrogen-bond donors (Lipinski definition) is 1. The van der Waals surface area contributed by atoms with Crippen LogP contribution in [0.1, 0.15) is 24.2 Å². The molecule has 2 aliphatic rings. The van der Waals surface area contributed by atoms with Crippen LogP contribution < -0.4 is 0 Å². The molecule has 7 rings (SSSR count). The van der Waals surface area contributed by atoms with Crippen LogP contribution >= 0.6 is 0 Å². The summed E-state index contributed by atoms with van der Waals surface area (Å²) in [6.07, 6.45) is 10.7. The van der Waals surface area contributed by atoms with Crippen LogP contribution in [-0.2, 0) is 13.1 Å². The van der Waals surface area contributed by atoms with Gasteiger partial charge < -0.3 is 9.40 Å². The first-order valence-electron chi connectivity index (χ1n) is 12.8. The van der Waals surface area contributed by atoms with Gasteiger partial charge in [-0.05, 0) is 66.5 Å². The van der Waals surface area contributed by atoms with Crippen molar-refractivity contribution in [3.05, 3.63) is 108 Å². The highest BCUT2D eigenvalue weighted by Gasteiger charge is 2.27. The minimum atomic E-state index is 0.296. The van der Waals surface area contributed by atoms with Gasteiger partial charge in [0.2, 0.25) is 5.89 Å². The van der Waals surface area contributed by atoms with Crippen molar-refractivity contribution in [1.29, 1.82) is 0 Å². The number of imidazole rings is 1. The van der Waals surface area contributed by atoms with E-state index in [2.05, 4.69) is 68.4 Å². The number of para-hydroxylation sites is 4. The molecule has 182 valence electrons. The molecule has 3 aromatic carbocycles. The number of rotatable bonds is 6. The maximum Gasteiger partial charge on any atom is 0.227 e. The number of dihydropyridines is 1. The number of H-pyrrole nitrogens is 1. The summed E-state index contributed by atoms with van der Waals surface area (Å²) in [7, 11) is 0. The van der Waals surface area contributed by atoms with Crippen molar-refractivity contribution in [2.75, 3.05) is 0 Å². The number of fused-ring (bicyclic) bond motifs is 3. The van der Waals surface area contributed by atoms with Gasteiger partial charge in [-0.3, -0.25) is 9.89 Å². The van der Waals surface area contributed by atoms with E-state index in [0.717, 1.165) is 59.5 Å². The summed E-state index contributed by atoms with van der Waals surface area (Å²) in [6, 6.07) is 25.3. The lowest BCUT2D eigenvalue weighted by Crippen LogP contribution is -2.37. The first-order chi connectivity index (χ1) is 18.3. The van der Waals surface area contributed by atoms with E-state index < -0.39 is 0 Å². The normalized spacial score (nSPS) is 19.0. The number of aromatic amines is 1. The number of aliphatic imine (C=N–C) groups is 1. The van der Waals surface area contributed by atoms with Crippen molar-refractivity contribution in [2.45, 2.75) is 38.0 Å². The van der Waals surface area contributed by atoms with E-state index in [4.69, 9.17) is 9.40 Å². The minimum absolute atomic E-state index is 0.296. The Morgan fingerprint density at radius 1 is 0.865 bits per heavy atom. The lowest BCUT2D eigenvalue weighted by Gasteiger charge is -2.34. The fraction of sp³-hybridized carbons (Fsp3) is 0.194. The van der Waals surface area contributed by atoms with E-state index in [0.29, 0.717) is 18.0 Å². The molecule has 5 aromatic rings. The molecule has 0 radical (unpaired) electrons. The largest absolute Gasteiger partial charge is 0.436 e. The van der Waals surface area contributed by atoms with E-state index in [1.807, 2.05) is 48.7 Å². The van der Waals surface area contributed by atoms with Crippen LogP contribution in [-0.4, -0.2) is 38.2 Å².